The van der Waals surface area contributed by atoms with E-state index in [-0.39, 0.29) is 12.5 Å². The number of carbonyl (C=O) groups is 1. The average molecular weight is 268 g/mol. The third-order valence-electron chi connectivity index (χ3n) is 3.12. The Morgan fingerprint density at radius 3 is 2.85 bits per heavy atom. The molecule has 5 nitrogen and oxygen atoms in total. The number of aromatic nitrogens is 1. The van der Waals surface area contributed by atoms with Crippen molar-refractivity contribution >= 4 is 22.6 Å². The van der Waals surface area contributed by atoms with Crippen LogP contribution in [-0.4, -0.2) is 31.0 Å². The molecular formula is C15H16N4O. The van der Waals surface area contributed by atoms with Crippen LogP contribution in [0.25, 0.3) is 10.9 Å². The molecule has 1 heterocycles. The summed E-state index contributed by atoms with van der Waals surface area (Å²) >= 11 is 0. The van der Waals surface area contributed by atoms with Crippen molar-refractivity contribution in [3.8, 4) is 6.07 Å². The van der Waals surface area contributed by atoms with Crippen molar-refractivity contribution in [2.45, 2.75) is 6.92 Å². The second-order valence-electron chi connectivity index (χ2n) is 4.35. The smallest absolute Gasteiger partial charge is 0.239 e. The lowest BCUT2D eigenvalue weighted by Gasteiger charge is -2.22. The Kier molecular flexibility index (Phi) is 4.16. The second-order valence-corrected chi connectivity index (χ2v) is 4.35. The van der Waals surface area contributed by atoms with Crippen molar-refractivity contribution in [3.05, 3.63) is 35.9 Å². The SMILES string of the molecule is CCN(CC(=O)NC)c1nc2ccccc2cc1C#N. The normalized spacial score (nSPS) is 10.1. The lowest BCUT2D eigenvalue weighted by molar-refractivity contribution is -0.119. The number of hydrogen-bond acceptors (Lipinski definition) is 4. The highest BCUT2D eigenvalue weighted by atomic mass is 16.1. The van der Waals surface area contributed by atoms with Crippen LogP contribution in [0.1, 0.15) is 12.5 Å². The van der Waals surface area contributed by atoms with Gasteiger partial charge in [0.1, 0.15) is 11.9 Å². The van der Waals surface area contributed by atoms with Gasteiger partial charge in [0.05, 0.1) is 17.6 Å². The fourth-order valence-electron chi connectivity index (χ4n) is 2.02. The van der Waals surface area contributed by atoms with E-state index in [9.17, 15) is 10.1 Å². The number of likely N-dealkylation sites (N-methyl/N-ethyl adjacent to an activating group) is 2. The number of amides is 1. The van der Waals surface area contributed by atoms with Crippen LogP contribution in [0.5, 0.6) is 0 Å². The second kappa shape index (κ2) is 6.02. The molecule has 0 aliphatic rings. The molecule has 1 aromatic carbocycles. The number of nitrogens with one attached hydrogen (secondary N) is 1. The van der Waals surface area contributed by atoms with E-state index in [2.05, 4.69) is 16.4 Å². The molecule has 0 aliphatic heterocycles. The first kappa shape index (κ1) is 13.8. The Labute approximate surface area is 117 Å². The highest BCUT2D eigenvalue weighted by molar-refractivity contribution is 5.85. The molecule has 0 spiro atoms. The van der Waals surface area contributed by atoms with Gasteiger partial charge >= 0.3 is 0 Å². The Balaban J connectivity index is 2.50. The molecule has 1 amide bonds. The molecule has 102 valence electrons. The first-order valence-electron chi connectivity index (χ1n) is 6.45. The summed E-state index contributed by atoms with van der Waals surface area (Å²) in [6, 6.07) is 11.6. The number of rotatable bonds is 4. The van der Waals surface area contributed by atoms with Crippen molar-refractivity contribution in [3.63, 3.8) is 0 Å². The van der Waals surface area contributed by atoms with Gasteiger partial charge < -0.3 is 10.2 Å². The monoisotopic (exact) mass is 268 g/mol. The van der Waals surface area contributed by atoms with Gasteiger partial charge in [-0.05, 0) is 19.1 Å². The Morgan fingerprint density at radius 1 is 1.45 bits per heavy atom. The minimum Gasteiger partial charge on any atom is -0.358 e. The summed E-state index contributed by atoms with van der Waals surface area (Å²) in [7, 11) is 1.59. The molecule has 0 aliphatic carbocycles. The van der Waals surface area contributed by atoms with Gasteiger partial charge in [-0.3, -0.25) is 4.79 Å². The van der Waals surface area contributed by atoms with E-state index in [1.54, 1.807) is 11.9 Å². The van der Waals surface area contributed by atoms with Crippen molar-refractivity contribution < 1.29 is 4.79 Å². The summed E-state index contributed by atoms with van der Waals surface area (Å²) in [6.07, 6.45) is 0. The number of carbonyl (C=O) groups excluding carboxylic acids is 1. The Morgan fingerprint density at radius 2 is 2.20 bits per heavy atom. The summed E-state index contributed by atoms with van der Waals surface area (Å²) in [6.45, 7) is 2.72. The summed E-state index contributed by atoms with van der Waals surface area (Å²) in [5.74, 6) is 0.447. The number of nitrogens with zero attached hydrogens (tertiary/aromatic N) is 3. The van der Waals surface area contributed by atoms with Crippen molar-refractivity contribution in [1.29, 1.82) is 5.26 Å². The van der Waals surface area contributed by atoms with E-state index in [0.717, 1.165) is 10.9 Å². The third-order valence-corrected chi connectivity index (χ3v) is 3.12. The van der Waals surface area contributed by atoms with Gasteiger partial charge in [-0.2, -0.15) is 5.26 Å². The Bertz CT molecular complexity index is 675. The zero-order valence-corrected chi connectivity index (χ0v) is 11.6. The van der Waals surface area contributed by atoms with Crippen LogP contribution >= 0.6 is 0 Å². The van der Waals surface area contributed by atoms with Crippen molar-refractivity contribution in [1.82, 2.24) is 10.3 Å². The predicted octanol–water partition coefficient (Wildman–Crippen LogP) is 1.68. The first-order chi connectivity index (χ1) is 9.69. The van der Waals surface area contributed by atoms with Crippen LogP contribution in [0.2, 0.25) is 0 Å². The standard InChI is InChI=1S/C15H16N4O/c1-3-19(10-14(20)17-2)15-12(9-16)8-11-6-4-5-7-13(11)18-15/h4-8H,3,10H2,1-2H3,(H,17,20). The number of hydrogen-bond donors (Lipinski definition) is 1. The van der Waals surface area contributed by atoms with Gasteiger partial charge in [0.15, 0.2) is 0 Å². The molecule has 0 unspecified atom stereocenters. The van der Waals surface area contributed by atoms with E-state index in [4.69, 9.17) is 0 Å². The van der Waals surface area contributed by atoms with E-state index >= 15 is 0 Å². The van der Waals surface area contributed by atoms with Gasteiger partial charge in [-0.15, -0.1) is 0 Å². The lowest BCUT2D eigenvalue weighted by Crippen LogP contribution is -2.36. The number of benzene rings is 1. The predicted molar refractivity (Wildman–Crippen MR) is 78.4 cm³/mol. The number of fused-ring (bicyclic) bond motifs is 1. The molecule has 0 saturated carbocycles. The molecule has 20 heavy (non-hydrogen) atoms. The van der Waals surface area contributed by atoms with Crippen molar-refractivity contribution in [2.24, 2.45) is 0 Å². The van der Waals surface area contributed by atoms with E-state index in [1.807, 2.05) is 37.3 Å². The molecule has 1 aromatic heterocycles. The molecule has 0 radical (unpaired) electrons. The van der Waals surface area contributed by atoms with Crippen molar-refractivity contribution in [2.75, 3.05) is 25.0 Å². The van der Waals surface area contributed by atoms with Crippen LogP contribution in [-0.2, 0) is 4.79 Å². The van der Waals surface area contributed by atoms with Crippen LogP contribution < -0.4 is 10.2 Å². The molecular weight excluding hydrogens is 252 g/mol. The summed E-state index contributed by atoms with van der Waals surface area (Å²) in [5.41, 5.74) is 1.30. The molecule has 0 bridgehead atoms. The highest BCUT2D eigenvalue weighted by Gasteiger charge is 2.15. The zero-order chi connectivity index (χ0) is 14.5. The molecule has 0 saturated heterocycles. The maximum Gasteiger partial charge on any atom is 0.239 e. The molecule has 1 N–H and O–H groups in total. The summed E-state index contributed by atoms with van der Waals surface area (Å²) in [5, 5.41) is 12.8. The van der Waals surface area contributed by atoms with Gasteiger partial charge in [-0.1, -0.05) is 18.2 Å². The van der Waals surface area contributed by atoms with Gasteiger partial charge in [0, 0.05) is 19.0 Å². The van der Waals surface area contributed by atoms with E-state index < -0.39 is 0 Å². The number of pyridine rings is 1. The third kappa shape index (κ3) is 2.69. The van der Waals surface area contributed by atoms with Gasteiger partial charge in [-0.25, -0.2) is 4.98 Å². The first-order valence-corrected chi connectivity index (χ1v) is 6.45. The fraction of sp³-hybridized carbons (Fsp3) is 0.267. The number of anilines is 1. The molecule has 0 fully saturated rings. The molecule has 0 atom stereocenters. The summed E-state index contributed by atoms with van der Waals surface area (Å²) < 4.78 is 0. The van der Waals surface area contributed by atoms with E-state index in [1.165, 1.54) is 0 Å². The average Bonchev–Trinajstić information content (AvgIpc) is 2.50. The van der Waals surface area contributed by atoms with Crippen LogP contribution in [0.4, 0.5) is 5.82 Å². The molecule has 2 rings (SSSR count). The minimum atomic E-state index is -0.106. The highest BCUT2D eigenvalue weighted by Crippen LogP contribution is 2.22. The van der Waals surface area contributed by atoms with Crippen LogP contribution in [0.15, 0.2) is 30.3 Å². The summed E-state index contributed by atoms with van der Waals surface area (Å²) in [4.78, 5) is 17.9. The van der Waals surface area contributed by atoms with Gasteiger partial charge in [0.25, 0.3) is 0 Å². The van der Waals surface area contributed by atoms with Crippen LogP contribution in [0.3, 0.4) is 0 Å². The van der Waals surface area contributed by atoms with Gasteiger partial charge in [0.2, 0.25) is 5.91 Å². The Hall–Kier alpha value is -2.61. The van der Waals surface area contributed by atoms with E-state index in [0.29, 0.717) is 17.9 Å². The number of para-hydroxylation sites is 1. The zero-order valence-electron chi connectivity index (χ0n) is 11.6. The minimum absolute atomic E-state index is 0.106. The molecule has 2 aromatic rings. The maximum absolute atomic E-state index is 11.6. The molecule has 5 heteroatoms. The van der Waals surface area contributed by atoms with Crippen LogP contribution in [0, 0.1) is 11.3 Å². The maximum atomic E-state index is 11.6. The number of nitriles is 1. The topological polar surface area (TPSA) is 69.0 Å². The largest absolute Gasteiger partial charge is 0.358 e. The quantitative estimate of drug-likeness (QED) is 0.916. The fourth-order valence-corrected chi connectivity index (χ4v) is 2.02. The lowest BCUT2D eigenvalue weighted by atomic mass is 10.1.